The van der Waals surface area contributed by atoms with Crippen molar-refractivity contribution in [1.82, 2.24) is 9.80 Å². The van der Waals surface area contributed by atoms with E-state index in [2.05, 4.69) is 10.1 Å². The number of nitrogens with zero attached hydrogens (tertiary/aromatic N) is 3. The Bertz CT molecular complexity index is 514. The Hall–Kier alpha value is -1.79. The Kier molecular flexibility index (Phi) is 5.26. The average Bonchev–Trinajstić information content (AvgIpc) is 2.52. The van der Waals surface area contributed by atoms with Gasteiger partial charge >= 0.3 is 0 Å². The molecule has 0 radical (unpaired) electrons. The lowest BCUT2D eigenvalue weighted by Crippen LogP contribution is -2.49. The number of carbonyl (C=O) groups excluding carboxylic acids is 1. The van der Waals surface area contributed by atoms with Crippen molar-refractivity contribution in [1.29, 1.82) is 0 Å². The van der Waals surface area contributed by atoms with Crippen LogP contribution in [0.3, 0.4) is 0 Å². The largest absolute Gasteiger partial charge is 0.360 e. The van der Waals surface area contributed by atoms with Crippen molar-refractivity contribution in [2.45, 2.75) is 26.4 Å². The van der Waals surface area contributed by atoms with E-state index in [9.17, 15) is 9.70 Å². The Morgan fingerprint density at radius 2 is 1.73 bits per heavy atom. The normalized spacial score (nSPS) is 16.6. The van der Waals surface area contributed by atoms with Crippen LogP contribution in [-0.2, 0) is 4.74 Å². The van der Waals surface area contributed by atoms with Gasteiger partial charge in [-0.15, -0.1) is 4.91 Å². The second-order valence-corrected chi connectivity index (χ2v) is 6.43. The number of ether oxygens (including phenoxy) is 1. The number of hydrogen-bond acceptors (Lipinski definition) is 5. The van der Waals surface area contributed by atoms with Gasteiger partial charge in [0.1, 0.15) is 5.69 Å². The number of carbonyl (C=O) groups is 1. The first-order valence-corrected chi connectivity index (χ1v) is 7.48. The first-order valence-electron chi connectivity index (χ1n) is 7.48. The Balaban J connectivity index is 1.85. The van der Waals surface area contributed by atoms with Gasteiger partial charge in [-0.3, -0.25) is 9.69 Å². The summed E-state index contributed by atoms with van der Waals surface area (Å²) in [6.07, 6.45) is 0. The van der Waals surface area contributed by atoms with Crippen molar-refractivity contribution in [2.24, 2.45) is 5.18 Å². The molecule has 1 fully saturated rings. The number of piperazine rings is 1. The van der Waals surface area contributed by atoms with Crippen LogP contribution in [0.1, 0.15) is 31.1 Å². The summed E-state index contributed by atoms with van der Waals surface area (Å²) in [5.74, 6) is -0.00570. The minimum atomic E-state index is -0.151. The van der Waals surface area contributed by atoms with Gasteiger partial charge in [-0.1, -0.05) is 0 Å². The smallest absolute Gasteiger partial charge is 0.253 e. The molecule has 1 amide bonds. The van der Waals surface area contributed by atoms with Crippen molar-refractivity contribution in [3.8, 4) is 0 Å². The van der Waals surface area contributed by atoms with Crippen molar-refractivity contribution in [3.05, 3.63) is 34.7 Å². The van der Waals surface area contributed by atoms with Gasteiger partial charge in [-0.25, -0.2) is 0 Å². The average molecular weight is 305 g/mol. The van der Waals surface area contributed by atoms with Crippen LogP contribution in [-0.4, -0.2) is 54.2 Å². The van der Waals surface area contributed by atoms with E-state index < -0.39 is 0 Å². The van der Waals surface area contributed by atoms with Crippen LogP contribution in [0, 0.1) is 4.91 Å². The minimum absolute atomic E-state index is 0.00570. The van der Waals surface area contributed by atoms with E-state index in [0.29, 0.717) is 31.1 Å². The van der Waals surface area contributed by atoms with Gasteiger partial charge in [-0.05, 0) is 50.2 Å². The van der Waals surface area contributed by atoms with Crippen LogP contribution in [0.4, 0.5) is 5.69 Å². The van der Waals surface area contributed by atoms with E-state index in [1.807, 2.05) is 25.7 Å². The molecule has 120 valence electrons. The highest BCUT2D eigenvalue weighted by Gasteiger charge is 2.23. The van der Waals surface area contributed by atoms with Gasteiger partial charge in [-0.2, -0.15) is 0 Å². The molecular formula is C16H23N3O3. The maximum atomic E-state index is 12.4. The van der Waals surface area contributed by atoms with Crippen LogP contribution < -0.4 is 0 Å². The van der Waals surface area contributed by atoms with Gasteiger partial charge in [0, 0.05) is 31.7 Å². The highest BCUT2D eigenvalue weighted by atomic mass is 16.5. The summed E-state index contributed by atoms with van der Waals surface area (Å²) in [6.45, 7) is 9.65. The Morgan fingerprint density at radius 1 is 1.14 bits per heavy atom. The zero-order valence-corrected chi connectivity index (χ0v) is 13.4. The van der Waals surface area contributed by atoms with E-state index in [0.717, 1.165) is 13.1 Å². The maximum absolute atomic E-state index is 12.4. The molecule has 1 saturated heterocycles. The van der Waals surface area contributed by atoms with Crippen LogP contribution in [0.2, 0.25) is 0 Å². The third-order valence-corrected chi connectivity index (χ3v) is 3.56. The second kappa shape index (κ2) is 6.98. The summed E-state index contributed by atoms with van der Waals surface area (Å²) in [7, 11) is 0. The summed E-state index contributed by atoms with van der Waals surface area (Å²) < 4.78 is 5.76. The lowest BCUT2D eigenvalue weighted by atomic mass is 10.1. The molecule has 1 aliphatic heterocycles. The summed E-state index contributed by atoms with van der Waals surface area (Å²) in [5.41, 5.74) is 0.772. The molecule has 0 unspecified atom stereocenters. The monoisotopic (exact) mass is 305 g/mol. The molecule has 6 nitrogen and oxygen atoms in total. The molecule has 0 aromatic heterocycles. The molecule has 1 aromatic rings. The predicted octanol–water partition coefficient (Wildman–Crippen LogP) is 2.61. The van der Waals surface area contributed by atoms with Crippen LogP contribution in [0.15, 0.2) is 29.4 Å². The zero-order valence-electron chi connectivity index (χ0n) is 13.4. The predicted molar refractivity (Wildman–Crippen MR) is 85.1 cm³/mol. The highest BCUT2D eigenvalue weighted by Crippen LogP contribution is 2.15. The van der Waals surface area contributed by atoms with E-state index in [1.165, 1.54) is 0 Å². The fourth-order valence-corrected chi connectivity index (χ4v) is 2.21. The molecule has 0 aliphatic carbocycles. The van der Waals surface area contributed by atoms with Crippen molar-refractivity contribution < 1.29 is 9.53 Å². The van der Waals surface area contributed by atoms with E-state index in [-0.39, 0.29) is 11.5 Å². The fourth-order valence-electron chi connectivity index (χ4n) is 2.21. The van der Waals surface area contributed by atoms with E-state index in [1.54, 1.807) is 24.3 Å². The lowest BCUT2D eigenvalue weighted by molar-refractivity contribution is -0.0720. The van der Waals surface area contributed by atoms with Crippen LogP contribution in [0.25, 0.3) is 0 Å². The van der Waals surface area contributed by atoms with Gasteiger partial charge < -0.3 is 9.64 Å². The molecule has 0 saturated carbocycles. The lowest BCUT2D eigenvalue weighted by Gasteiger charge is -2.36. The Labute approximate surface area is 131 Å². The number of benzene rings is 1. The molecule has 0 spiro atoms. The standard InChI is InChI=1S/C16H23N3O3/c1-16(2,3)22-12-18-8-10-19(11-9-18)15(20)13-4-6-14(17-21)7-5-13/h4-7H,8-12H2,1-3H3. The number of nitroso groups, excluding NO2 is 1. The molecular weight excluding hydrogens is 282 g/mol. The third kappa shape index (κ3) is 4.61. The van der Waals surface area contributed by atoms with Gasteiger partial charge in [0.05, 0.1) is 12.3 Å². The molecule has 0 N–H and O–H groups in total. The highest BCUT2D eigenvalue weighted by molar-refractivity contribution is 5.94. The van der Waals surface area contributed by atoms with Crippen LogP contribution in [0.5, 0.6) is 0 Å². The van der Waals surface area contributed by atoms with Crippen LogP contribution >= 0.6 is 0 Å². The first-order chi connectivity index (χ1) is 10.4. The first kappa shape index (κ1) is 16.6. The zero-order chi connectivity index (χ0) is 16.2. The topological polar surface area (TPSA) is 62.2 Å². The molecule has 2 rings (SSSR count). The molecule has 1 aliphatic rings. The fraction of sp³-hybridized carbons (Fsp3) is 0.562. The van der Waals surface area contributed by atoms with Gasteiger partial charge in [0.25, 0.3) is 5.91 Å². The molecule has 0 atom stereocenters. The molecule has 6 heteroatoms. The number of amides is 1. The summed E-state index contributed by atoms with van der Waals surface area (Å²) in [5, 5.41) is 2.84. The van der Waals surface area contributed by atoms with Crippen molar-refractivity contribution in [2.75, 3.05) is 32.9 Å². The minimum Gasteiger partial charge on any atom is -0.360 e. The molecule has 1 heterocycles. The van der Waals surface area contributed by atoms with E-state index >= 15 is 0 Å². The summed E-state index contributed by atoms with van der Waals surface area (Å²) in [4.78, 5) is 26.8. The quantitative estimate of drug-likeness (QED) is 0.802. The van der Waals surface area contributed by atoms with E-state index in [4.69, 9.17) is 4.74 Å². The molecule has 0 bridgehead atoms. The summed E-state index contributed by atoms with van der Waals surface area (Å²) >= 11 is 0. The second-order valence-electron chi connectivity index (χ2n) is 6.43. The van der Waals surface area contributed by atoms with Gasteiger partial charge in [0.2, 0.25) is 0 Å². The summed E-state index contributed by atoms with van der Waals surface area (Å²) in [6, 6.07) is 6.42. The SMILES string of the molecule is CC(C)(C)OCN1CCN(C(=O)c2ccc(N=O)cc2)CC1. The molecule has 22 heavy (non-hydrogen) atoms. The third-order valence-electron chi connectivity index (χ3n) is 3.56. The number of hydrogen-bond donors (Lipinski definition) is 0. The van der Waals surface area contributed by atoms with Crippen molar-refractivity contribution >= 4 is 11.6 Å². The number of rotatable bonds is 4. The maximum Gasteiger partial charge on any atom is 0.253 e. The van der Waals surface area contributed by atoms with Crippen molar-refractivity contribution in [3.63, 3.8) is 0 Å². The molecule has 1 aromatic carbocycles. The van der Waals surface area contributed by atoms with Gasteiger partial charge in [0.15, 0.2) is 0 Å². The Morgan fingerprint density at radius 3 is 2.23 bits per heavy atom.